The van der Waals surface area contributed by atoms with E-state index in [2.05, 4.69) is 76.2 Å². The predicted molar refractivity (Wildman–Crippen MR) is 140 cm³/mol. The molecule has 0 radical (unpaired) electrons. The van der Waals surface area contributed by atoms with Crippen LogP contribution in [0.25, 0.3) is 27.5 Å². The summed E-state index contributed by atoms with van der Waals surface area (Å²) in [5.41, 5.74) is 6.52. The second-order valence-corrected chi connectivity index (χ2v) is 8.16. The van der Waals surface area contributed by atoms with E-state index in [0.29, 0.717) is 5.56 Å². The fourth-order valence-corrected chi connectivity index (χ4v) is 4.78. The molecule has 0 unspecified atom stereocenters. The highest BCUT2D eigenvalue weighted by molar-refractivity contribution is 6.09. The summed E-state index contributed by atoms with van der Waals surface area (Å²) in [7, 11) is 0. The van der Waals surface area contributed by atoms with Crippen molar-refractivity contribution in [2.24, 2.45) is 0 Å². The van der Waals surface area contributed by atoms with Crippen LogP contribution in [0.2, 0.25) is 0 Å². The lowest BCUT2D eigenvalue weighted by molar-refractivity contribution is 1.15. The number of rotatable bonds is 4. The Kier molecular flexibility index (Phi) is 4.83. The Bertz CT molecular complexity index is 1570. The van der Waals surface area contributed by atoms with Gasteiger partial charge in [-0.25, -0.2) is 0 Å². The fourth-order valence-electron chi connectivity index (χ4n) is 4.78. The van der Waals surface area contributed by atoms with E-state index in [0.717, 1.165) is 33.8 Å². The average Bonchev–Trinajstić information content (AvgIpc) is 3.24. The van der Waals surface area contributed by atoms with Gasteiger partial charge in [0, 0.05) is 22.1 Å². The summed E-state index contributed by atoms with van der Waals surface area (Å²) in [6.07, 6.45) is 0. The molecular weight excluding hydrogens is 414 g/mol. The predicted octanol–water partition coefficient (Wildman–Crippen LogP) is 8.13. The Morgan fingerprint density at radius 2 is 1.03 bits per heavy atom. The molecule has 0 fully saturated rings. The van der Waals surface area contributed by atoms with Gasteiger partial charge >= 0.3 is 0 Å². The van der Waals surface area contributed by atoms with E-state index in [-0.39, 0.29) is 0 Å². The molecule has 3 nitrogen and oxygen atoms in total. The minimum Gasteiger partial charge on any atom is -0.309 e. The van der Waals surface area contributed by atoms with Crippen LogP contribution in [0.15, 0.2) is 127 Å². The molecule has 0 aliphatic rings. The van der Waals surface area contributed by atoms with Gasteiger partial charge in [0.05, 0.1) is 22.4 Å². The zero-order chi connectivity index (χ0) is 22.9. The number of nitrogens with zero attached hydrogens (tertiary/aromatic N) is 3. The van der Waals surface area contributed by atoms with Crippen LogP contribution in [-0.4, -0.2) is 4.57 Å². The Labute approximate surface area is 198 Å². The monoisotopic (exact) mass is 435 g/mol. The quantitative estimate of drug-likeness (QED) is 0.280. The highest BCUT2D eigenvalue weighted by Gasteiger charge is 2.21. The highest BCUT2D eigenvalue weighted by Crippen LogP contribution is 2.40. The number of para-hydroxylation sites is 4. The van der Waals surface area contributed by atoms with Crippen LogP contribution in [0.3, 0.4) is 0 Å². The molecule has 0 saturated carbocycles. The second-order valence-electron chi connectivity index (χ2n) is 8.16. The van der Waals surface area contributed by atoms with Crippen molar-refractivity contribution < 1.29 is 0 Å². The summed E-state index contributed by atoms with van der Waals surface area (Å²) in [6.45, 7) is 0. The SMILES string of the molecule is N#Cc1c(N(c2ccccc2)c2ccccc2)cccc1-n1c2ccccc2c2ccccc21. The zero-order valence-electron chi connectivity index (χ0n) is 18.5. The van der Waals surface area contributed by atoms with Gasteiger partial charge in [0.1, 0.15) is 11.6 Å². The van der Waals surface area contributed by atoms with Crippen molar-refractivity contribution >= 4 is 38.9 Å². The molecular formula is C31H21N3. The molecule has 0 atom stereocenters. The van der Waals surface area contributed by atoms with Crippen LogP contribution in [0.4, 0.5) is 17.1 Å². The molecule has 0 aliphatic heterocycles. The maximum Gasteiger partial charge on any atom is 0.104 e. The first kappa shape index (κ1) is 19.8. The van der Waals surface area contributed by atoms with Crippen molar-refractivity contribution in [3.8, 4) is 11.8 Å². The molecule has 0 saturated heterocycles. The summed E-state index contributed by atoms with van der Waals surface area (Å²) in [5, 5.41) is 12.8. The molecule has 0 bridgehead atoms. The Morgan fingerprint density at radius 1 is 0.529 bits per heavy atom. The summed E-state index contributed by atoms with van der Waals surface area (Å²) in [5.74, 6) is 0. The molecule has 160 valence electrons. The third kappa shape index (κ3) is 3.13. The smallest absolute Gasteiger partial charge is 0.104 e. The molecule has 3 heteroatoms. The van der Waals surface area contributed by atoms with E-state index in [4.69, 9.17) is 0 Å². The lowest BCUT2D eigenvalue weighted by Crippen LogP contribution is -2.12. The molecule has 0 amide bonds. The molecule has 1 aromatic heterocycles. The number of hydrogen-bond donors (Lipinski definition) is 0. The van der Waals surface area contributed by atoms with E-state index in [1.54, 1.807) is 0 Å². The van der Waals surface area contributed by atoms with Gasteiger partial charge in [0.2, 0.25) is 0 Å². The van der Waals surface area contributed by atoms with Gasteiger partial charge in [0.25, 0.3) is 0 Å². The number of hydrogen-bond acceptors (Lipinski definition) is 2. The first-order valence-electron chi connectivity index (χ1n) is 11.3. The van der Waals surface area contributed by atoms with E-state index >= 15 is 0 Å². The van der Waals surface area contributed by atoms with Crippen molar-refractivity contribution in [1.82, 2.24) is 4.57 Å². The minimum absolute atomic E-state index is 0.627. The zero-order valence-corrected chi connectivity index (χ0v) is 18.5. The van der Waals surface area contributed by atoms with Crippen molar-refractivity contribution in [1.29, 1.82) is 5.26 Å². The Hall–Kier alpha value is -4.81. The van der Waals surface area contributed by atoms with Gasteiger partial charge in [-0.15, -0.1) is 0 Å². The largest absolute Gasteiger partial charge is 0.309 e. The number of nitriles is 1. The lowest BCUT2D eigenvalue weighted by Gasteiger charge is -2.27. The van der Waals surface area contributed by atoms with E-state index in [1.165, 1.54) is 10.8 Å². The van der Waals surface area contributed by atoms with Crippen LogP contribution in [0, 0.1) is 11.3 Å². The Balaban J connectivity index is 1.67. The fraction of sp³-hybridized carbons (Fsp3) is 0. The van der Waals surface area contributed by atoms with Gasteiger partial charge in [0.15, 0.2) is 0 Å². The molecule has 6 rings (SSSR count). The van der Waals surface area contributed by atoms with Crippen LogP contribution in [0.1, 0.15) is 5.56 Å². The number of aromatic nitrogens is 1. The highest BCUT2D eigenvalue weighted by atomic mass is 15.1. The number of benzene rings is 5. The summed E-state index contributed by atoms with van der Waals surface area (Å²) < 4.78 is 2.21. The van der Waals surface area contributed by atoms with Crippen molar-refractivity contribution in [3.05, 3.63) is 133 Å². The third-order valence-electron chi connectivity index (χ3n) is 6.22. The molecule has 6 aromatic rings. The van der Waals surface area contributed by atoms with Gasteiger partial charge in [-0.05, 0) is 48.5 Å². The normalized spacial score (nSPS) is 10.9. The molecule has 0 N–H and O–H groups in total. The molecule has 1 heterocycles. The molecule has 34 heavy (non-hydrogen) atoms. The molecule has 0 aliphatic carbocycles. The average molecular weight is 436 g/mol. The third-order valence-corrected chi connectivity index (χ3v) is 6.22. The minimum atomic E-state index is 0.627. The van der Waals surface area contributed by atoms with Crippen molar-refractivity contribution in [2.45, 2.75) is 0 Å². The molecule has 5 aromatic carbocycles. The van der Waals surface area contributed by atoms with Gasteiger partial charge in [-0.2, -0.15) is 5.26 Å². The first-order valence-corrected chi connectivity index (χ1v) is 11.3. The summed E-state index contributed by atoms with van der Waals surface area (Å²) >= 11 is 0. The molecule has 0 spiro atoms. The van der Waals surface area contributed by atoms with Gasteiger partial charge in [-0.1, -0.05) is 78.9 Å². The summed E-state index contributed by atoms with van der Waals surface area (Å²) in [6, 6.07) is 45.8. The van der Waals surface area contributed by atoms with Gasteiger partial charge in [-0.3, -0.25) is 0 Å². The first-order chi connectivity index (χ1) is 16.9. The number of anilines is 3. The van der Waals surface area contributed by atoms with Crippen molar-refractivity contribution in [2.75, 3.05) is 4.90 Å². The maximum absolute atomic E-state index is 10.5. The Morgan fingerprint density at radius 3 is 1.56 bits per heavy atom. The van der Waals surface area contributed by atoms with Crippen LogP contribution in [0.5, 0.6) is 0 Å². The van der Waals surface area contributed by atoms with Crippen LogP contribution < -0.4 is 4.90 Å². The van der Waals surface area contributed by atoms with Crippen LogP contribution >= 0.6 is 0 Å². The van der Waals surface area contributed by atoms with E-state index < -0.39 is 0 Å². The number of fused-ring (bicyclic) bond motifs is 3. The van der Waals surface area contributed by atoms with Gasteiger partial charge < -0.3 is 9.47 Å². The topological polar surface area (TPSA) is 32.0 Å². The van der Waals surface area contributed by atoms with Crippen LogP contribution in [-0.2, 0) is 0 Å². The standard InChI is InChI=1S/C31H21N3/c32-22-27-30(33(23-12-3-1-4-13-23)24-14-5-2-6-15-24)20-11-21-31(27)34-28-18-9-7-16-25(28)26-17-8-10-19-29(26)34/h1-21H. The second kappa shape index (κ2) is 8.27. The lowest BCUT2D eigenvalue weighted by atomic mass is 10.1. The maximum atomic E-state index is 10.5. The van der Waals surface area contributed by atoms with E-state index in [1.807, 2.05) is 66.7 Å². The summed E-state index contributed by atoms with van der Waals surface area (Å²) in [4.78, 5) is 2.15. The van der Waals surface area contributed by atoms with E-state index in [9.17, 15) is 5.26 Å². The van der Waals surface area contributed by atoms with Crippen molar-refractivity contribution in [3.63, 3.8) is 0 Å².